The van der Waals surface area contributed by atoms with Gasteiger partial charge in [-0.15, -0.1) is 12.4 Å². The fraction of sp³-hybridized carbons (Fsp3) is 0.714. The highest BCUT2D eigenvalue weighted by Crippen LogP contribution is 2.29. The molecule has 1 aromatic rings. The van der Waals surface area contributed by atoms with Crippen LogP contribution < -0.4 is 5.32 Å². The number of aromatic nitrogens is 2. The molecule has 2 fully saturated rings. The second-order valence-electron chi connectivity index (χ2n) is 5.49. The van der Waals surface area contributed by atoms with Crippen molar-refractivity contribution in [2.24, 2.45) is 0 Å². The first-order valence-electron chi connectivity index (χ1n) is 7.41. The molecule has 1 amide bonds. The van der Waals surface area contributed by atoms with Gasteiger partial charge >= 0.3 is 0 Å². The average Bonchev–Trinajstić information content (AvgIpc) is 2.91. The quantitative estimate of drug-likeness (QED) is 0.870. The highest BCUT2D eigenvalue weighted by atomic mass is 35.5. The summed E-state index contributed by atoms with van der Waals surface area (Å²) < 4.78 is 7.32. The molecule has 0 saturated carbocycles. The zero-order valence-electron chi connectivity index (χ0n) is 12.2. The molecule has 3 heterocycles. The lowest BCUT2D eigenvalue weighted by Gasteiger charge is -2.39. The fourth-order valence-corrected chi connectivity index (χ4v) is 3.15. The van der Waals surface area contributed by atoms with Gasteiger partial charge in [0.15, 0.2) is 0 Å². The van der Waals surface area contributed by atoms with E-state index < -0.39 is 5.54 Å². The molecule has 7 heteroatoms. The standard InChI is InChI=1S/C14H22N4O2.ClH/c19-13(17-8-2-11-20-12-10-17)14(3-6-15-7-4-14)18-9-1-5-16-18;/h1,5,9,15H,2-4,6-8,10-12H2;1H. The average molecular weight is 315 g/mol. The van der Waals surface area contributed by atoms with E-state index in [2.05, 4.69) is 10.4 Å². The molecule has 0 bridgehead atoms. The van der Waals surface area contributed by atoms with Crippen molar-refractivity contribution in [2.75, 3.05) is 39.4 Å². The second kappa shape index (κ2) is 7.24. The Morgan fingerprint density at radius 3 is 2.76 bits per heavy atom. The van der Waals surface area contributed by atoms with Crippen molar-refractivity contribution < 1.29 is 9.53 Å². The maximum atomic E-state index is 13.1. The van der Waals surface area contributed by atoms with Crippen LogP contribution in [0.4, 0.5) is 0 Å². The number of nitrogens with zero attached hydrogens (tertiary/aromatic N) is 3. The molecule has 3 rings (SSSR count). The zero-order chi connectivity index (χ0) is 13.8. The number of carbonyl (C=O) groups is 1. The highest BCUT2D eigenvalue weighted by molar-refractivity contribution is 5.85. The van der Waals surface area contributed by atoms with Crippen molar-refractivity contribution in [3.8, 4) is 0 Å². The van der Waals surface area contributed by atoms with Crippen LogP contribution in [0, 0.1) is 0 Å². The lowest BCUT2D eigenvalue weighted by atomic mass is 9.86. The van der Waals surface area contributed by atoms with Crippen LogP contribution in [-0.2, 0) is 15.1 Å². The van der Waals surface area contributed by atoms with E-state index in [9.17, 15) is 4.79 Å². The van der Waals surface area contributed by atoms with Crippen LogP contribution in [0.2, 0.25) is 0 Å². The van der Waals surface area contributed by atoms with Gasteiger partial charge in [0, 0.05) is 32.1 Å². The molecular weight excluding hydrogens is 292 g/mol. The Balaban J connectivity index is 0.00000161. The van der Waals surface area contributed by atoms with Gasteiger partial charge in [-0.3, -0.25) is 9.48 Å². The van der Waals surface area contributed by atoms with Gasteiger partial charge in [-0.2, -0.15) is 5.10 Å². The summed E-state index contributed by atoms with van der Waals surface area (Å²) in [5.41, 5.74) is -0.515. The molecular formula is C14H23ClN4O2. The summed E-state index contributed by atoms with van der Waals surface area (Å²) in [7, 11) is 0. The van der Waals surface area contributed by atoms with E-state index in [0.29, 0.717) is 13.2 Å². The van der Waals surface area contributed by atoms with Gasteiger partial charge in [0.05, 0.1) is 6.61 Å². The molecule has 0 spiro atoms. The molecule has 6 nitrogen and oxygen atoms in total. The van der Waals surface area contributed by atoms with Gasteiger partial charge in [-0.25, -0.2) is 0 Å². The third-order valence-corrected chi connectivity index (χ3v) is 4.28. The highest BCUT2D eigenvalue weighted by Gasteiger charge is 2.44. The van der Waals surface area contributed by atoms with Gasteiger partial charge in [0.2, 0.25) is 0 Å². The predicted octanol–water partition coefficient (Wildman–Crippen LogP) is 0.632. The third-order valence-electron chi connectivity index (χ3n) is 4.28. The van der Waals surface area contributed by atoms with E-state index in [1.165, 1.54) is 0 Å². The number of hydrogen-bond acceptors (Lipinski definition) is 4. The van der Waals surface area contributed by atoms with Crippen molar-refractivity contribution in [1.29, 1.82) is 0 Å². The number of piperidine rings is 1. The molecule has 0 aromatic carbocycles. The minimum atomic E-state index is -0.515. The van der Waals surface area contributed by atoms with Crippen LogP contribution >= 0.6 is 12.4 Å². The Hall–Kier alpha value is -1.11. The predicted molar refractivity (Wildman–Crippen MR) is 81.6 cm³/mol. The van der Waals surface area contributed by atoms with Crippen LogP contribution in [-0.4, -0.2) is 60.0 Å². The third kappa shape index (κ3) is 3.22. The van der Waals surface area contributed by atoms with E-state index in [0.717, 1.165) is 45.5 Å². The lowest BCUT2D eigenvalue weighted by Crippen LogP contribution is -2.56. The number of nitrogens with one attached hydrogen (secondary N) is 1. The van der Waals surface area contributed by atoms with Crippen LogP contribution in [0.5, 0.6) is 0 Å². The lowest BCUT2D eigenvalue weighted by molar-refractivity contribution is -0.143. The van der Waals surface area contributed by atoms with E-state index in [-0.39, 0.29) is 18.3 Å². The van der Waals surface area contributed by atoms with Crippen LogP contribution in [0.15, 0.2) is 18.5 Å². The van der Waals surface area contributed by atoms with Gasteiger partial charge in [-0.1, -0.05) is 0 Å². The topological polar surface area (TPSA) is 59.4 Å². The first-order valence-corrected chi connectivity index (χ1v) is 7.41. The maximum absolute atomic E-state index is 13.1. The van der Waals surface area contributed by atoms with E-state index >= 15 is 0 Å². The van der Waals surface area contributed by atoms with Crippen molar-refractivity contribution in [1.82, 2.24) is 20.0 Å². The summed E-state index contributed by atoms with van der Waals surface area (Å²) in [4.78, 5) is 15.1. The summed E-state index contributed by atoms with van der Waals surface area (Å²) in [6, 6.07) is 1.89. The molecule has 21 heavy (non-hydrogen) atoms. The van der Waals surface area contributed by atoms with Crippen molar-refractivity contribution in [3.05, 3.63) is 18.5 Å². The molecule has 2 aliphatic rings. The number of carbonyl (C=O) groups excluding carboxylic acids is 1. The Morgan fingerprint density at radius 1 is 1.24 bits per heavy atom. The minimum absolute atomic E-state index is 0. The molecule has 0 atom stereocenters. The number of ether oxygens (including phenoxy) is 1. The van der Waals surface area contributed by atoms with Crippen molar-refractivity contribution in [2.45, 2.75) is 24.8 Å². The molecule has 118 valence electrons. The molecule has 2 aliphatic heterocycles. The van der Waals surface area contributed by atoms with Crippen LogP contribution in [0.25, 0.3) is 0 Å². The van der Waals surface area contributed by atoms with Gasteiger partial charge in [0.25, 0.3) is 5.91 Å². The number of amides is 1. The number of hydrogen-bond donors (Lipinski definition) is 1. The summed E-state index contributed by atoms with van der Waals surface area (Å²) in [6.45, 7) is 4.58. The molecule has 1 aromatic heterocycles. The van der Waals surface area contributed by atoms with Crippen molar-refractivity contribution >= 4 is 18.3 Å². The maximum Gasteiger partial charge on any atom is 0.250 e. The van der Waals surface area contributed by atoms with Crippen LogP contribution in [0.1, 0.15) is 19.3 Å². The molecule has 0 radical (unpaired) electrons. The van der Waals surface area contributed by atoms with E-state index in [1.54, 1.807) is 6.20 Å². The monoisotopic (exact) mass is 314 g/mol. The number of rotatable bonds is 2. The van der Waals surface area contributed by atoms with Gasteiger partial charge in [0.1, 0.15) is 5.54 Å². The minimum Gasteiger partial charge on any atom is -0.380 e. The SMILES string of the molecule is Cl.O=C(N1CCCOCC1)C1(n2cccn2)CCNCC1. The fourth-order valence-electron chi connectivity index (χ4n) is 3.15. The Kier molecular flexibility index (Phi) is 5.61. The summed E-state index contributed by atoms with van der Waals surface area (Å²) in [5.74, 6) is 0.202. The Morgan fingerprint density at radius 2 is 2.05 bits per heavy atom. The molecule has 0 aliphatic carbocycles. The zero-order valence-corrected chi connectivity index (χ0v) is 13.0. The normalized spacial score (nSPS) is 22.2. The van der Waals surface area contributed by atoms with E-state index in [1.807, 2.05) is 21.8 Å². The summed E-state index contributed by atoms with van der Waals surface area (Å²) in [6.07, 6.45) is 6.18. The first-order chi connectivity index (χ1) is 9.83. The molecule has 2 saturated heterocycles. The van der Waals surface area contributed by atoms with E-state index in [4.69, 9.17) is 4.74 Å². The smallest absolute Gasteiger partial charge is 0.250 e. The van der Waals surface area contributed by atoms with Crippen LogP contribution in [0.3, 0.4) is 0 Å². The molecule has 1 N–H and O–H groups in total. The Labute approximate surface area is 131 Å². The summed E-state index contributed by atoms with van der Waals surface area (Å²) >= 11 is 0. The Bertz CT molecular complexity index is 438. The summed E-state index contributed by atoms with van der Waals surface area (Å²) in [5, 5.41) is 7.70. The van der Waals surface area contributed by atoms with Crippen molar-refractivity contribution in [3.63, 3.8) is 0 Å². The van der Waals surface area contributed by atoms with Gasteiger partial charge in [-0.05, 0) is 38.4 Å². The first kappa shape index (κ1) is 16.3. The second-order valence-corrected chi connectivity index (χ2v) is 5.49. The van der Waals surface area contributed by atoms with Gasteiger partial charge < -0.3 is 15.0 Å². The number of halogens is 1. The molecule has 0 unspecified atom stereocenters. The largest absolute Gasteiger partial charge is 0.380 e.